The maximum absolute atomic E-state index is 12.3. The summed E-state index contributed by atoms with van der Waals surface area (Å²) in [4.78, 5) is 36.9. The first-order valence-electron chi connectivity index (χ1n) is 11.9. The maximum Gasteiger partial charge on any atom is 0.330 e. The average molecular weight is 459 g/mol. The zero-order valence-corrected chi connectivity index (χ0v) is 19.7. The molecular formula is C26H30N6O2. The molecule has 8 nitrogen and oxygen atoms in total. The number of piperazine rings is 1. The van der Waals surface area contributed by atoms with Crippen LogP contribution in [0.2, 0.25) is 0 Å². The molecule has 0 atom stereocenters. The van der Waals surface area contributed by atoms with Crippen molar-refractivity contribution < 1.29 is 4.79 Å². The van der Waals surface area contributed by atoms with Crippen molar-refractivity contribution in [2.45, 2.75) is 26.8 Å². The Morgan fingerprint density at radius 3 is 2.71 bits per heavy atom. The first kappa shape index (κ1) is 22.2. The molecule has 1 aliphatic heterocycles. The zero-order valence-electron chi connectivity index (χ0n) is 19.7. The molecule has 0 bridgehead atoms. The molecule has 1 saturated heterocycles. The van der Waals surface area contributed by atoms with Crippen molar-refractivity contribution in [3.63, 3.8) is 0 Å². The second kappa shape index (κ2) is 9.30. The van der Waals surface area contributed by atoms with E-state index in [1.807, 2.05) is 43.5 Å². The van der Waals surface area contributed by atoms with Crippen molar-refractivity contribution in [1.29, 1.82) is 0 Å². The minimum absolute atomic E-state index is 0.0170. The van der Waals surface area contributed by atoms with Gasteiger partial charge in [-0.1, -0.05) is 6.92 Å². The van der Waals surface area contributed by atoms with E-state index in [-0.39, 0.29) is 11.6 Å². The number of aryl methyl sites for hydroxylation is 1. The summed E-state index contributed by atoms with van der Waals surface area (Å²) >= 11 is 0. The number of amides is 1. The Morgan fingerprint density at radius 1 is 1.12 bits per heavy atom. The van der Waals surface area contributed by atoms with E-state index in [2.05, 4.69) is 38.1 Å². The minimum Gasteiger partial charge on any atom is -0.369 e. The predicted octanol–water partition coefficient (Wildman–Crippen LogP) is 2.81. The Balaban J connectivity index is 1.27. The lowest BCUT2D eigenvalue weighted by Gasteiger charge is -2.37. The highest BCUT2D eigenvalue weighted by Gasteiger charge is 2.20. The van der Waals surface area contributed by atoms with Gasteiger partial charge in [0.25, 0.3) is 5.91 Å². The quantitative estimate of drug-likeness (QED) is 0.464. The number of nitrogens with zero attached hydrogens (tertiary/aromatic N) is 4. The van der Waals surface area contributed by atoms with Gasteiger partial charge in [0.2, 0.25) is 0 Å². The largest absolute Gasteiger partial charge is 0.369 e. The number of hydrogen-bond acceptors (Lipinski definition) is 5. The second-order valence-corrected chi connectivity index (χ2v) is 8.75. The van der Waals surface area contributed by atoms with Crippen LogP contribution in [-0.4, -0.2) is 57.9 Å². The fraction of sp³-hybridized carbons (Fsp3) is 0.346. The topological polar surface area (TPSA) is 85.7 Å². The van der Waals surface area contributed by atoms with Crippen LogP contribution < -0.4 is 15.9 Å². The van der Waals surface area contributed by atoms with Gasteiger partial charge in [0.1, 0.15) is 5.52 Å². The van der Waals surface area contributed by atoms with Gasteiger partial charge in [0.15, 0.2) is 0 Å². The SMILES string of the molecule is CCNC(=O)c1ccc(N2CCN(Cc3cnc4c(c3)[nH]c(=O)n3cccc43)CC2)c(CC)c1. The molecule has 176 valence electrons. The smallest absolute Gasteiger partial charge is 0.330 e. The highest BCUT2D eigenvalue weighted by atomic mass is 16.2. The fourth-order valence-corrected chi connectivity index (χ4v) is 4.81. The molecule has 0 saturated carbocycles. The third-order valence-electron chi connectivity index (χ3n) is 6.58. The van der Waals surface area contributed by atoms with Gasteiger partial charge in [-0.15, -0.1) is 0 Å². The molecule has 2 N–H and O–H groups in total. The molecule has 3 aromatic heterocycles. The molecule has 4 heterocycles. The molecule has 34 heavy (non-hydrogen) atoms. The summed E-state index contributed by atoms with van der Waals surface area (Å²) in [6.45, 7) is 9.22. The van der Waals surface area contributed by atoms with E-state index in [0.717, 1.165) is 66.8 Å². The summed E-state index contributed by atoms with van der Waals surface area (Å²) in [5.41, 5.74) is 6.49. The summed E-state index contributed by atoms with van der Waals surface area (Å²) < 4.78 is 1.58. The Labute approximate surface area is 198 Å². The number of aromatic nitrogens is 3. The maximum atomic E-state index is 12.3. The molecule has 5 rings (SSSR count). The average Bonchev–Trinajstić information content (AvgIpc) is 3.35. The van der Waals surface area contributed by atoms with Gasteiger partial charge in [0, 0.05) is 62.9 Å². The summed E-state index contributed by atoms with van der Waals surface area (Å²) in [7, 11) is 0. The number of rotatable bonds is 6. The van der Waals surface area contributed by atoms with Crippen LogP contribution in [0.4, 0.5) is 5.69 Å². The number of aromatic amines is 1. The van der Waals surface area contributed by atoms with Gasteiger partial charge in [-0.05, 0) is 60.9 Å². The van der Waals surface area contributed by atoms with E-state index in [4.69, 9.17) is 0 Å². The summed E-state index contributed by atoms with van der Waals surface area (Å²) in [5, 5.41) is 2.88. The molecule has 1 aromatic carbocycles. The van der Waals surface area contributed by atoms with Crippen molar-refractivity contribution in [2.24, 2.45) is 0 Å². The summed E-state index contributed by atoms with van der Waals surface area (Å²) in [6, 6.07) is 11.8. The lowest BCUT2D eigenvalue weighted by Crippen LogP contribution is -2.46. The van der Waals surface area contributed by atoms with Crippen LogP contribution in [0.3, 0.4) is 0 Å². The number of carbonyl (C=O) groups is 1. The predicted molar refractivity (Wildman–Crippen MR) is 135 cm³/mol. The number of anilines is 1. The molecule has 1 amide bonds. The van der Waals surface area contributed by atoms with Gasteiger partial charge < -0.3 is 15.2 Å². The molecule has 0 radical (unpaired) electrons. The molecule has 8 heteroatoms. The number of pyridine rings is 1. The minimum atomic E-state index is -0.148. The first-order valence-corrected chi connectivity index (χ1v) is 11.9. The Morgan fingerprint density at radius 2 is 1.94 bits per heavy atom. The van der Waals surface area contributed by atoms with Crippen LogP contribution in [0.5, 0.6) is 0 Å². The van der Waals surface area contributed by atoms with Crippen LogP contribution in [0, 0.1) is 0 Å². The van der Waals surface area contributed by atoms with Crippen LogP contribution in [0.1, 0.15) is 35.3 Å². The van der Waals surface area contributed by atoms with Gasteiger partial charge in [-0.3, -0.25) is 19.1 Å². The normalized spacial score (nSPS) is 14.7. The third kappa shape index (κ3) is 4.17. The van der Waals surface area contributed by atoms with Crippen LogP contribution in [0.25, 0.3) is 16.6 Å². The Hall–Kier alpha value is -3.65. The van der Waals surface area contributed by atoms with Gasteiger partial charge in [-0.2, -0.15) is 0 Å². The fourth-order valence-electron chi connectivity index (χ4n) is 4.81. The molecule has 1 aliphatic rings. The van der Waals surface area contributed by atoms with E-state index in [1.165, 1.54) is 11.3 Å². The lowest BCUT2D eigenvalue weighted by molar-refractivity contribution is 0.0955. The number of fused-ring (bicyclic) bond motifs is 3. The van der Waals surface area contributed by atoms with Crippen molar-refractivity contribution in [3.8, 4) is 0 Å². The molecule has 0 spiro atoms. The molecule has 0 aliphatic carbocycles. The highest BCUT2D eigenvalue weighted by Crippen LogP contribution is 2.25. The molecule has 4 aromatic rings. The van der Waals surface area contributed by atoms with E-state index < -0.39 is 0 Å². The molecule has 0 unspecified atom stereocenters. The van der Waals surface area contributed by atoms with E-state index in [0.29, 0.717) is 6.54 Å². The standard InChI is InChI=1S/C26H30N6O2/c1-3-19-15-20(25(33)27-4-2)7-8-22(19)31-12-10-30(11-13-31)17-18-14-21-24(28-16-18)23-6-5-9-32(23)26(34)29-21/h5-9,14-16H,3-4,10-13,17H2,1-2H3,(H,27,33)(H,29,34). The van der Waals surface area contributed by atoms with E-state index in [9.17, 15) is 9.59 Å². The Kier molecular flexibility index (Phi) is 6.06. The molecular weight excluding hydrogens is 428 g/mol. The van der Waals surface area contributed by atoms with E-state index >= 15 is 0 Å². The Bertz CT molecular complexity index is 1400. The molecule has 1 fully saturated rings. The summed E-state index contributed by atoms with van der Waals surface area (Å²) in [6.07, 6.45) is 4.55. The zero-order chi connectivity index (χ0) is 23.7. The van der Waals surface area contributed by atoms with Crippen LogP contribution >= 0.6 is 0 Å². The van der Waals surface area contributed by atoms with Crippen molar-refractivity contribution in [1.82, 2.24) is 24.6 Å². The number of H-pyrrole nitrogens is 1. The van der Waals surface area contributed by atoms with Crippen molar-refractivity contribution in [2.75, 3.05) is 37.6 Å². The van der Waals surface area contributed by atoms with Crippen molar-refractivity contribution in [3.05, 3.63) is 76.0 Å². The monoisotopic (exact) mass is 458 g/mol. The lowest BCUT2D eigenvalue weighted by atomic mass is 10.0. The highest BCUT2D eigenvalue weighted by molar-refractivity contribution is 5.95. The number of nitrogens with one attached hydrogen (secondary N) is 2. The van der Waals surface area contributed by atoms with Crippen LogP contribution in [-0.2, 0) is 13.0 Å². The third-order valence-corrected chi connectivity index (χ3v) is 6.58. The van der Waals surface area contributed by atoms with Gasteiger partial charge in [-0.25, -0.2) is 4.79 Å². The number of hydrogen-bond donors (Lipinski definition) is 2. The van der Waals surface area contributed by atoms with Gasteiger partial charge in [0.05, 0.1) is 11.0 Å². The van der Waals surface area contributed by atoms with Gasteiger partial charge >= 0.3 is 5.69 Å². The number of carbonyl (C=O) groups excluding carboxylic acids is 1. The number of benzene rings is 1. The van der Waals surface area contributed by atoms with E-state index in [1.54, 1.807) is 10.6 Å². The first-order chi connectivity index (χ1) is 16.6. The summed E-state index contributed by atoms with van der Waals surface area (Å²) in [5.74, 6) is -0.0170. The second-order valence-electron chi connectivity index (χ2n) is 8.75. The van der Waals surface area contributed by atoms with Crippen molar-refractivity contribution >= 4 is 28.1 Å². The van der Waals surface area contributed by atoms with Crippen LogP contribution in [0.15, 0.2) is 53.6 Å².